The zero-order valence-electron chi connectivity index (χ0n) is 11.8. The minimum atomic E-state index is -0.918. The van der Waals surface area contributed by atoms with Crippen molar-refractivity contribution in [1.82, 2.24) is 5.01 Å². The summed E-state index contributed by atoms with van der Waals surface area (Å²) in [7, 11) is 0. The molecule has 5 nitrogen and oxygen atoms in total. The first-order valence-corrected chi connectivity index (χ1v) is 6.72. The molecule has 0 radical (unpaired) electrons. The van der Waals surface area contributed by atoms with Gasteiger partial charge >= 0.3 is 0 Å². The highest BCUT2D eigenvalue weighted by Crippen LogP contribution is 2.25. The number of benzene rings is 2. The summed E-state index contributed by atoms with van der Waals surface area (Å²) in [5.41, 5.74) is 1.48. The lowest BCUT2D eigenvalue weighted by Gasteiger charge is -2.27. The van der Waals surface area contributed by atoms with Gasteiger partial charge in [0.1, 0.15) is 11.9 Å². The topological polar surface area (TPSA) is 73.1 Å². The quantitative estimate of drug-likeness (QED) is 0.632. The molecule has 2 atom stereocenters. The molecule has 0 saturated heterocycles. The van der Waals surface area contributed by atoms with Crippen molar-refractivity contribution < 1.29 is 10.2 Å². The molecule has 2 aromatic rings. The molecule has 0 spiro atoms. The van der Waals surface area contributed by atoms with Crippen molar-refractivity contribution in [1.29, 1.82) is 0 Å². The van der Waals surface area contributed by atoms with Crippen LogP contribution in [-0.4, -0.2) is 21.3 Å². The molecule has 1 unspecified atom stereocenters. The van der Waals surface area contributed by atoms with E-state index < -0.39 is 12.1 Å². The molecule has 0 bridgehead atoms. The Kier molecular flexibility index (Phi) is 4.90. The summed E-state index contributed by atoms with van der Waals surface area (Å²) in [5.74, 6) is 0.0763. The Hall–Kier alpha value is -2.40. The number of phenolic OH excluding ortho intramolecular Hbond substituents is 1. The van der Waals surface area contributed by atoms with Gasteiger partial charge in [-0.05, 0) is 30.2 Å². The van der Waals surface area contributed by atoms with E-state index in [9.17, 15) is 15.1 Å². The fourth-order valence-electron chi connectivity index (χ4n) is 2.17. The van der Waals surface area contributed by atoms with E-state index in [1.54, 1.807) is 19.1 Å². The number of rotatable bonds is 6. The van der Waals surface area contributed by atoms with Crippen LogP contribution in [0.15, 0.2) is 59.9 Å². The number of aromatic hydroxyl groups is 1. The van der Waals surface area contributed by atoms with Crippen molar-refractivity contribution in [3.05, 3.63) is 70.6 Å². The van der Waals surface area contributed by atoms with E-state index in [1.807, 2.05) is 30.3 Å². The van der Waals surface area contributed by atoms with Gasteiger partial charge in [0.05, 0.1) is 17.9 Å². The van der Waals surface area contributed by atoms with Gasteiger partial charge in [0.2, 0.25) is 0 Å². The lowest BCUT2D eigenvalue weighted by Crippen LogP contribution is -2.32. The molecule has 2 rings (SSSR count). The highest BCUT2D eigenvalue weighted by molar-refractivity contribution is 5.29. The Morgan fingerprint density at radius 1 is 1.14 bits per heavy atom. The number of aliphatic hydroxyl groups is 1. The zero-order chi connectivity index (χ0) is 15.2. The van der Waals surface area contributed by atoms with Gasteiger partial charge in [-0.25, -0.2) is 0 Å². The van der Waals surface area contributed by atoms with Gasteiger partial charge in [0.15, 0.2) is 0 Å². The Bertz CT molecular complexity index is 589. The maximum Gasteiger partial charge on any atom is 0.115 e. The van der Waals surface area contributed by atoms with Crippen LogP contribution in [0.4, 0.5) is 0 Å². The second kappa shape index (κ2) is 6.85. The Morgan fingerprint density at radius 2 is 1.86 bits per heavy atom. The predicted molar refractivity (Wildman–Crippen MR) is 80.3 cm³/mol. The van der Waals surface area contributed by atoms with E-state index in [0.29, 0.717) is 12.1 Å². The molecule has 0 aliphatic rings. The fraction of sp³-hybridized carbons (Fsp3) is 0.250. The molecule has 0 heterocycles. The van der Waals surface area contributed by atoms with E-state index in [-0.39, 0.29) is 5.75 Å². The van der Waals surface area contributed by atoms with Crippen LogP contribution in [0.5, 0.6) is 5.75 Å². The molecule has 2 N–H and O–H groups in total. The average molecular weight is 286 g/mol. The zero-order valence-corrected chi connectivity index (χ0v) is 11.8. The van der Waals surface area contributed by atoms with Crippen molar-refractivity contribution >= 4 is 0 Å². The third-order valence-electron chi connectivity index (χ3n) is 3.43. The molecule has 21 heavy (non-hydrogen) atoms. The van der Waals surface area contributed by atoms with Gasteiger partial charge in [-0.3, -0.25) is 5.01 Å². The summed E-state index contributed by atoms with van der Waals surface area (Å²) in [6, 6.07) is 15.3. The van der Waals surface area contributed by atoms with Crippen LogP contribution in [0.3, 0.4) is 0 Å². The molecule has 0 aliphatic carbocycles. The van der Waals surface area contributed by atoms with Crippen LogP contribution < -0.4 is 0 Å². The second-order valence-corrected chi connectivity index (χ2v) is 4.95. The summed E-state index contributed by atoms with van der Waals surface area (Å²) >= 11 is 0. The summed E-state index contributed by atoms with van der Waals surface area (Å²) in [5, 5.41) is 24.1. The number of aliphatic hydroxyl groups excluding tert-OH is 1. The molecular weight excluding hydrogens is 268 g/mol. The monoisotopic (exact) mass is 286 g/mol. The van der Waals surface area contributed by atoms with Gasteiger partial charge in [0, 0.05) is 0 Å². The lowest BCUT2D eigenvalue weighted by atomic mass is 10.0. The van der Waals surface area contributed by atoms with E-state index in [4.69, 9.17) is 0 Å². The number of nitroso groups, excluding NO2 is 1. The fourth-order valence-corrected chi connectivity index (χ4v) is 2.17. The summed E-state index contributed by atoms with van der Waals surface area (Å²) < 4.78 is 0. The minimum Gasteiger partial charge on any atom is -0.508 e. The smallest absolute Gasteiger partial charge is 0.115 e. The average Bonchev–Trinajstić information content (AvgIpc) is 2.52. The minimum absolute atomic E-state index is 0.0763. The molecule has 0 aromatic heterocycles. The van der Waals surface area contributed by atoms with Crippen LogP contribution in [0.2, 0.25) is 0 Å². The number of hydrogen-bond acceptors (Lipinski definition) is 4. The van der Waals surface area contributed by atoms with Gasteiger partial charge < -0.3 is 10.2 Å². The molecule has 0 aliphatic heterocycles. The molecule has 0 amide bonds. The van der Waals surface area contributed by atoms with E-state index in [0.717, 1.165) is 5.56 Å². The summed E-state index contributed by atoms with van der Waals surface area (Å²) in [6.45, 7) is 2.04. The first-order valence-electron chi connectivity index (χ1n) is 6.72. The van der Waals surface area contributed by atoms with E-state index >= 15 is 0 Å². The molecule has 2 aromatic carbocycles. The van der Waals surface area contributed by atoms with Crippen LogP contribution in [0.25, 0.3) is 0 Å². The first-order chi connectivity index (χ1) is 10.1. The maximum atomic E-state index is 11.1. The number of phenols is 1. The molecule has 0 saturated carbocycles. The standard InChI is InChI=1S/C16H18N2O3/c1-12(16(20)14-8-5-9-15(19)10-14)18(17-21)11-13-6-3-2-4-7-13/h2-10,12,16,19-20H,11H2,1H3/t12?,16-/m0/s1. The van der Waals surface area contributed by atoms with E-state index in [1.165, 1.54) is 17.1 Å². The van der Waals surface area contributed by atoms with Crippen molar-refractivity contribution in [2.75, 3.05) is 0 Å². The molecule has 110 valence electrons. The van der Waals surface area contributed by atoms with Crippen molar-refractivity contribution in [2.45, 2.75) is 25.6 Å². The second-order valence-electron chi connectivity index (χ2n) is 4.95. The lowest BCUT2D eigenvalue weighted by molar-refractivity contribution is 0.0536. The highest BCUT2D eigenvalue weighted by Gasteiger charge is 2.23. The number of nitrogens with zero attached hydrogens (tertiary/aromatic N) is 2. The summed E-state index contributed by atoms with van der Waals surface area (Å²) in [4.78, 5) is 11.1. The maximum absolute atomic E-state index is 11.1. The van der Waals surface area contributed by atoms with Crippen LogP contribution in [0.1, 0.15) is 24.2 Å². The molecule has 5 heteroatoms. The van der Waals surface area contributed by atoms with Crippen LogP contribution in [-0.2, 0) is 6.54 Å². The Morgan fingerprint density at radius 3 is 2.48 bits per heavy atom. The normalized spacial score (nSPS) is 13.4. The summed E-state index contributed by atoms with van der Waals surface area (Å²) in [6.07, 6.45) is -0.918. The van der Waals surface area contributed by atoms with Crippen molar-refractivity contribution in [3.8, 4) is 5.75 Å². The predicted octanol–water partition coefficient (Wildman–Crippen LogP) is 3.00. The highest BCUT2D eigenvalue weighted by atomic mass is 16.3. The van der Waals surface area contributed by atoms with Gasteiger partial charge in [-0.1, -0.05) is 42.5 Å². The molecule has 0 fully saturated rings. The van der Waals surface area contributed by atoms with Gasteiger partial charge in [0.25, 0.3) is 0 Å². The SMILES string of the molecule is CC([C@H](O)c1cccc(O)c1)N(Cc1ccccc1)N=O. The first kappa shape index (κ1) is 15.0. The van der Waals surface area contributed by atoms with Crippen LogP contribution in [0, 0.1) is 4.91 Å². The Labute approximate surface area is 123 Å². The van der Waals surface area contributed by atoms with E-state index in [2.05, 4.69) is 5.29 Å². The molecular formula is C16H18N2O3. The van der Waals surface area contributed by atoms with Gasteiger partial charge in [-0.15, -0.1) is 4.91 Å². The van der Waals surface area contributed by atoms with Crippen molar-refractivity contribution in [2.24, 2.45) is 5.29 Å². The third kappa shape index (κ3) is 3.79. The largest absolute Gasteiger partial charge is 0.508 e. The van der Waals surface area contributed by atoms with Crippen molar-refractivity contribution in [3.63, 3.8) is 0 Å². The number of hydrogen-bond donors (Lipinski definition) is 2. The Balaban J connectivity index is 2.12. The van der Waals surface area contributed by atoms with Gasteiger partial charge in [-0.2, -0.15) is 0 Å². The van der Waals surface area contributed by atoms with Crippen LogP contribution >= 0.6 is 0 Å². The third-order valence-corrected chi connectivity index (χ3v) is 3.43.